The standard InChI is InChI=1S/C12H11ClFN3O/c1-18-11-3-2-10(15)12(17-11)16-9-5-7(13)4-8(14)6-9/h2-6H,15H2,1H3,(H,16,17). The van der Waals surface area contributed by atoms with Crippen molar-refractivity contribution in [1.82, 2.24) is 4.98 Å². The summed E-state index contributed by atoms with van der Waals surface area (Å²) in [5.41, 5.74) is 6.65. The maximum Gasteiger partial charge on any atom is 0.215 e. The Morgan fingerprint density at radius 3 is 2.78 bits per heavy atom. The van der Waals surface area contributed by atoms with E-state index >= 15 is 0 Å². The van der Waals surface area contributed by atoms with Gasteiger partial charge in [0, 0.05) is 16.8 Å². The number of halogens is 2. The number of nitrogens with two attached hydrogens (primary N) is 1. The lowest BCUT2D eigenvalue weighted by atomic mass is 10.3. The van der Waals surface area contributed by atoms with Gasteiger partial charge in [0.25, 0.3) is 0 Å². The SMILES string of the molecule is COc1ccc(N)c(Nc2cc(F)cc(Cl)c2)n1. The summed E-state index contributed by atoms with van der Waals surface area (Å²) < 4.78 is 18.2. The highest BCUT2D eigenvalue weighted by molar-refractivity contribution is 6.30. The Kier molecular flexibility index (Phi) is 3.53. The third-order valence-corrected chi connectivity index (χ3v) is 2.45. The number of aromatic nitrogens is 1. The Labute approximate surface area is 109 Å². The Balaban J connectivity index is 2.33. The van der Waals surface area contributed by atoms with E-state index in [2.05, 4.69) is 10.3 Å². The molecule has 0 aliphatic rings. The average Bonchev–Trinajstić information content (AvgIpc) is 2.30. The Bertz CT molecular complexity index is 557. The predicted octanol–water partition coefficient (Wildman–Crippen LogP) is 3.21. The van der Waals surface area contributed by atoms with Crippen molar-refractivity contribution in [1.29, 1.82) is 0 Å². The molecule has 0 amide bonds. The van der Waals surface area contributed by atoms with E-state index in [1.54, 1.807) is 18.2 Å². The van der Waals surface area contributed by atoms with Crippen LogP contribution in [-0.4, -0.2) is 12.1 Å². The number of hydrogen-bond acceptors (Lipinski definition) is 4. The van der Waals surface area contributed by atoms with Crippen LogP contribution in [0.2, 0.25) is 5.02 Å². The van der Waals surface area contributed by atoms with Crippen LogP contribution in [0.4, 0.5) is 21.6 Å². The van der Waals surface area contributed by atoms with Gasteiger partial charge in [-0.3, -0.25) is 0 Å². The fourth-order valence-corrected chi connectivity index (χ4v) is 1.65. The van der Waals surface area contributed by atoms with Crippen LogP contribution in [-0.2, 0) is 0 Å². The van der Waals surface area contributed by atoms with E-state index < -0.39 is 5.82 Å². The summed E-state index contributed by atoms with van der Waals surface area (Å²) in [6, 6.07) is 7.38. The topological polar surface area (TPSA) is 60.2 Å². The summed E-state index contributed by atoms with van der Waals surface area (Å²) in [6.07, 6.45) is 0. The molecule has 3 N–H and O–H groups in total. The highest BCUT2D eigenvalue weighted by Gasteiger charge is 2.05. The number of rotatable bonds is 3. The number of nitrogens with zero attached hydrogens (tertiary/aromatic N) is 1. The van der Waals surface area contributed by atoms with Gasteiger partial charge in [-0.15, -0.1) is 0 Å². The van der Waals surface area contributed by atoms with Gasteiger partial charge in [-0.2, -0.15) is 4.98 Å². The Hall–Kier alpha value is -2.01. The van der Waals surface area contributed by atoms with Crippen LogP contribution >= 0.6 is 11.6 Å². The predicted molar refractivity (Wildman–Crippen MR) is 69.9 cm³/mol. The van der Waals surface area contributed by atoms with Crippen molar-refractivity contribution in [2.24, 2.45) is 0 Å². The monoisotopic (exact) mass is 267 g/mol. The first kappa shape index (κ1) is 12.4. The first-order chi connectivity index (χ1) is 8.58. The first-order valence-corrected chi connectivity index (χ1v) is 5.50. The van der Waals surface area contributed by atoms with Gasteiger partial charge in [0.05, 0.1) is 12.8 Å². The van der Waals surface area contributed by atoms with Crippen LogP contribution in [0.15, 0.2) is 30.3 Å². The zero-order chi connectivity index (χ0) is 13.1. The van der Waals surface area contributed by atoms with E-state index in [1.165, 1.54) is 19.2 Å². The molecule has 1 heterocycles. The number of benzene rings is 1. The molecular weight excluding hydrogens is 257 g/mol. The summed E-state index contributed by atoms with van der Waals surface area (Å²) in [5, 5.41) is 3.18. The molecular formula is C12H11ClFN3O. The molecule has 4 nitrogen and oxygen atoms in total. The molecule has 0 aliphatic heterocycles. The molecule has 0 unspecified atom stereocenters. The van der Waals surface area contributed by atoms with Gasteiger partial charge < -0.3 is 15.8 Å². The van der Waals surface area contributed by atoms with Crippen LogP contribution < -0.4 is 15.8 Å². The molecule has 1 aromatic carbocycles. The highest BCUT2D eigenvalue weighted by atomic mass is 35.5. The largest absolute Gasteiger partial charge is 0.481 e. The van der Waals surface area contributed by atoms with E-state index in [9.17, 15) is 4.39 Å². The zero-order valence-electron chi connectivity index (χ0n) is 9.58. The van der Waals surface area contributed by atoms with Crippen LogP contribution in [0.1, 0.15) is 0 Å². The van der Waals surface area contributed by atoms with Crippen LogP contribution in [0, 0.1) is 5.82 Å². The normalized spacial score (nSPS) is 10.2. The second-order valence-electron chi connectivity index (χ2n) is 3.57. The molecule has 0 radical (unpaired) electrons. The number of nitrogens with one attached hydrogen (secondary N) is 1. The second kappa shape index (κ2) is 5.10. The van der Waals surface area contributed by atoms with Gasteiger partial charge in [-0.05, 0) is 24.3 Å². The van der Waals surface area contributed by atoms with E-state index in [0.29, 0.717) is 28.1 Å². The molecule has 94 valence electrons. The molecule has 0 saturated carbocycles. The molecule has 1 aromatic heterocycles. The smallest absolute Gasteiger partial charge is 0.215 e. The fourth-order valence-electron chi connectivity index (χ4n) is 1.43. The minimum absolute atomic E-state index is 0.291. The van der Waals surface area contributed by atoms with E-state index in [-0.39, 0.29) is 0 Å². The number of nitrogen functional groups attached to an aromatic ring is 1. The minimum atomic E-state index is -0.438. The Morgan fingerprint density at radius 2 is 2.11 bits per heavy atom. The molecule has 0 fully saturated rings. The summed E-state index contributed by atoms with van der Waals surface area (Å²) in [6.45, 7) is 0. The lowest BCUT2D eigenvalue weighted by molar-refractivity contribution is 0.398. The van der Waals surface area contributed by atoms with Gasteiger partial charge >= 0.3 is 0 Å². The van der Waals surface area contributed by atoms with Crippen molar-refractivity contribution in [2.45, 2.75) is 0 Å². The lowest BCUT2D eigenvalue weighted by Gasteiger charge is -2.10. The zero-order valence-corrected chi connectivity index (χ0v) is 10.3. The van der Waals surface area contributed by atoms with Gasteiger partial charge in [0.15, 0.2) is 5.82 Å². The van der Waals surface area contributed by atoms with Crippen LogP contribution in [0.5, 0.6) is 5.88 Å². The third-order valence-electron chi connectivity index (χ3n) is 2.24. The molecule has 0 bridgehead atoms. The maximum atomic E-state index is 13.2. The van der Waals surface area contributed by atoms with E-state index in [4.69, 9.17) is 22.1 Å². The van der Waals surface area contributed by atoms with Crippen LogP contribution in [0.25, 0.3) is 0 Å². The van der Waals surface area contributed by atoms with Crippen molar-refractivity contribution in [3.8, 4) is 5.88 Å². The van der Waals surface area contributed by atoms with Gasteiger partial charge in [0.2, 0.25) is 5.88 Å². The number of ether oxygens (including phenoxy) is 1. The quantitative estimate of drug-likeness (QED) is 0.896. The molecule has 6 heteroatoms. The molecule has 0 atom stereocenters. The van der Waals surface area contributed by atoms with Crippen molar-refractivity contribution in [3.05, 3.63) is 41.2 Å². The first-order valence-electron chi connectivity index (χ1n) is 5.12. The average molecular weight is 268 g/mol. The summed E-state index contributed by atoms with van der Waals surface area (Å²) in [5.74, 6) is 0.358. The summed E-state index contributed by atoms with van der Waals surface area (Å²) in [7, 11) is 1.50. The molecule has 0 aliphatic carbocycles. The molecule has 0 spiro atoms. The van der Waals surface area contributed by atoms with Crippen LogP contribution in [0.3, 0.4) is 0 Å². The maximum absolute atomic E-state index is 13.2. The third kappa shape index (κ3) is 2.81. The van der Waals surface area contributed by atoms with Gasteiger partial charge in [-0.25, -0.2) is 4.39 Å². The Morgan fingerprint density at radius 1 is 1.33 bits per heavy atom. The van der Waals surface area contributed by atoms with Crippen molar-refractivity contribution < 1.29 is 9.13 Å². The second-order valence-corrected chi connectivity index (χ2v) is 4.01. The molecule has 0 saturated heterocycles. The van der Waals surface area contributed by atoms with Crippen molar-refractivity contribution in [3.63, 3.8) is 0 Å². The molecule has 18 heavy (non-hydrogen) atoms. The van der Waals surface area contributed by atoms with Crippen molar-refractivity contribution in [2.75, 3.05) is 18.2 Å². The fraction of sp³-hybridized carbons (Fsp3) is 0.0833. The highest BCUT2D eigenvalue weighted by Crippen LogP contribution is 2.26. The number of hydrogen-bond donors (Lipinski definition) is 2. The number of pyridine rings is 1. The van der Waals surface area contributed by atoms with Crippen molar-refractivity contribution >= 4 is 28.8 Å². The van der Waals surface area contributed by atoms with Gasteiger partial charge in [-0.1, -0.05) is 11.6 Å². The summed E-state index contributed by atoms with van der Waals surface area (Å²) >= 11 is 5.76. The van der Waals surface area contributed by atoms with Gasteiger partial charge in [0.1, 0.15) is 5.82 Å². The number of anilines is 3. The minimum Gasteiger partial charge on any atom is -0.481 e. The lowest BCUT2D eigenvalue weighted by Crippen LogP contribution is -2.01. The summed E-state index contributed by atoms with van der Waals surface area (Å²) in [4.78, 5) is 4.12. The number of methoxy groups -OCH3 is 1. The van der Waals surface area contributed by atoms with E-state index in [1.807, 2.05) is 0 Å². The molecule has 2 aromatic rings. The van der Waals surface area contributed by atoms with E-state index in [0.717, 1.165) is 0 Å². The molecule has 2 rings (SSSR count).